The van der Waals surface area contributed by atoms with Gasteiger partial charge in [-0.25, -0.2) is 0 Å². The van der Waals surface area contributed by atoms with Gasteiger partial charge in [-0.2, -0.15) is 0 Å². The van der Waals surface area contributed by atoms with Gasteiger partial charge >= 0.3 is 0 Å². The van der Waals surface area contributed by atoms with E-state index in [0.717, 1.165) is 6.42 Å². The second kappa shape index (κ2) is 5.86. The molecule has 1 aliphatic heterocycles. The first-order chi connectivity index (χ1) is 7.00. The van der Waals surface area contributed by atoms with E-state index >= 15 is 0 Å². The summed E-state index contributed by atoms with van der Waals surface area (Å²) in [6, 6.07) is 0.334. The highest BCUT2D eigenvalue weighted by atomic mass is 15.1. The lowest BCUT2D eigenvalue weighted by Crippen LogP contribution is -2.39. The van der Waals surface area contributed by atoms with Gasteiger partial charge in [0.25, 0.3) is 0 Å². The molecular formula is C13H28N2. The van der Waals surface area contributed by atoms with E-state index in [4.69, 9.17) is 5.73 Å². The molecule has 1 atom stereocenters. The summed E-state index contributed by atoms with van der Waals surface area (Å²) in [4.78, 5) is 2.60. The summed E-state index contributed by atoms with van der Waals surface area (Å²) in [5.74, 6) is 0. The predicted octanol–water partition coefficient (Wildman–Crippen LogP) is 2.63. The molecule has 2 nitrogen and oxygen atoms in total. The molecular weight excluding hydrogens is 184 g/mol. The number of likely N-dealkylation sites (tertiary alicyclic amines) is 1. The van der Waals surface area contributed by atoms with E-state index < -0.39 is 0 Å². The standard InChI is InChI=1S/C13H28N2/c1-13(2,3)12(14)8-11-15-9-6-4-5-7-10-15/h12H,4-11,14H2,1-3H3. The molecule has 1 heterocycles. The first kappa shape index (κ1) is 13.0. The third-order valence-corrected chi connectivity index (χ3v) is 3.57. The molecule has 1 fully saturated rings. The van der Waals surface area contributed by atoms with Crippen LogP contribution in [0, 0.1) is 5.41 Å². The van der Waals surface area contributed by atoms with Gasteiger partial charge in [0.05, 0.1) is 0 Å². The molecule has 0 spiro atoms. The van der Waals surface area contributed by atoms with Crippen LogP contribution in [0.5, 0.6) is 0 Å². The van der Waals surface area contributed by atoms with Crippen LogP contribution in [0.25, 0.3) is 0 Å². The van der Waals surface area contributed by atoms with Crippen molar-refractivity contribution in [2.24, 2.45) is 11.1 Å². The zero-order chi connectivity index (χ0) is 11.3. The molecule has 1 aliphatic rings. The van der Waals surface area contributed by atoms with E-state index in [2.05, 4.69) is 25.7 Å². The molecule has 0 aromatic rings. The fourth-order valence-corrected chi connectivity index (χ4v) is 2.11. The summed E-state index contributed by atoms with van der Waals surface area (Å²) in [7, 11) is 0. The third kappa shape index (κ3) is 4.98. The molecule has 1 rings (SSSR count). The van der Waals surface area contributed by atoms with E-state index in [1.165, 1.54) is 45.3 Å². The molecule has 90 valence electrons. The number of nitrogens with two attached hydrogens (primary N) is 1. The minimum atomic E-state index is 0.256. The largest absolute Gasteiger partial charge is 0.327 e. The summed E-state index contributed by atoms with van der Waals surface area (Å²) in [6.45, 7) is 10.5. The van der Waals surface area contributed by atoms with Crippen molar-refractivity contribution in [1.82, 2.24) is 4.90 Å². The Balaban J connectivity index is 2.23. The van der Waals surface area contributed by atoms with Crippen molar-refractivity contribution in [3.05, 3.63) is 0 Å². The third-order valence-electron chi connectivity index (χ3n) is 3.57. The van der Waals surface area contributed by atoms with E-state index in [1.807, 2.05) is 0 Å². The maximum atomic E-state index is 6.18. The lowest BCUT2D eigenvalue weighted by Gasteiger charge is -2.29. The van der Waals surface area contributed by atoms with Gasteiger partial charge in [-0.1, -0.05) is 33.6 Å². The second-order valence-electron chi connectivity index (χ2n) is 6.02. The SMILES string of the molecule is CC(C)(C)C(N)CCN1CCCCCC1. The van der Waals surface area contributed by atoms with Gasteiger partial charge in [-0.3, -0.25) is 0 Å². The smallest absolute Gasteiger partial charge is 0.00998 e. The first-order valence-electron chi connectivity index (χ1n) is 6.48. The predicted molar refractivity (Wildman–Crippen MR) is 67.0 cm³/mol. The minimum absolute atomic E-state index is 0.256. The number of hydrogen-bond acceptors (Lipinski definition) is 2. The van der Waals surface area contributed by atoms with Gasteiger partial charge in [-0.05, 0) is 44.3 Å². The Morgan fingerprint density at radius 2 is 1.60 bits per heavy atom. The zero-order valence-electron chi connectivity index (χ0n) is 10.8. The molecule has 0 aromatic heterocycles. The van der Waals surface area contributed by atoms with E-state index in [1.54, 1.807) is 0 Å². The van der Waals surface area contributed by atoms with E-state index in [9.17, 15) is 0 Å². The molecule has 0 aliphatic carbocycles. The second-order valence-corrected chi connectivity index (χ2v) is 6.02. The Labute approximate surface area is 95.2 Å². The normalized spacial score (nSPS) is 22.4. The highest BCUT2D eigenvalue weighted by Crippen LogP contribution is 2.20. The van der Waals surface area contributed by atoms with Crippen molar-refractivity contribution in [1.29, 1.82) is 0 Å². The van der Waals surface area contributed by atoms with Crippen LogP contribution >= 0.6 is 0 Å². The molecule has 15 heavy (non-hydrogen) atoms. The first-order valence-corrected chi connectivity index (χ1v) is 6.48. The van der Waals surface area contributed by atoms with Crippen LogP contribution in [0.3, 0.4) is 0 Å². The van der Waals surface area contributed by atoms with Crippen molar-refractivity contribution in [3.8, 4) is 0 Å². The molecule has 2 N–H and O–H groups in total. The molecule has 1 saturated heterocycles. The summed E-state index contributed by atoms with van der Waals surface area (Å²) in [6.07, 6.45) is 6.74. The molecule has 1 unspecified atom stereocenters. The van der Waals surface area contributed by atoms with Crippen molar-refractivity contribution < 1.29 is 0 Å². The number of hydrogen-bond donors (Lipinski definition) is 1. The number of rotatable bonds is 3. The Bertz CT molecular complexity index is 164. The van der Waals surface area contributed by atoms with Crippen molar-refractivity contribution in [2.75, 3.05) is 19.6 Å². The van der Waals surface area contributed by atoms with Crippen LogP contribution in [-0.2, 0) is 0 Å². The molecule has 0 amide bonds. The topological polar surface area (TPSA) is 29.3 Å². The Morgan fingerprint density at radius 1 is 1.07 bits per heavy atom. The Kier molecular flexibility index (Phi) is 5.07. The number of nitrogens with zero attached hydrogens (tertiary/aromatic N) is 1. The lowest BCUT2D eigenvalue weighted by atomic mass is 9.85. The molecule has 0 saturated carbocycles. The molecule has 2 heteroatoms. The van der Waals surface area contributed by atoms with Crippen LogP contribution in [0.4, 0.5) is 0 Å². The summed E-state index contributed by atoms with van der Waals surface area (Å²) >= 11 is 0. The molecule has 0 bridgehead atoms. The van der Waals surface area contributed by atoms with Crippen LogP contribution in [0.1, 0.15) is 52.9 Å². The average Bonchev–Trinajstić information content (AvgIpc) is 2.40. The van der Waals surface area contributed by atoms with Gasteiger partial charge in [0.1, 0.15) is 0 Å². The fourth-order valence-electron chi connectivity index (χ4n) is 2.11. The summed E-state index contributed by atoms with van der Waals surface area (Å²) < 4.78 is 0. The van der Waals surface area contributed by atoms with Gasteiger partial charge in [0.15, 0.2) is 0 Å². The van der Waals surface area contributed by atoms with Crippen molar-refractivity contribution >= 4 is 0 Å². The lowest BCUT2D eigenvalue weighted by molar-refractivity contribution is 0.233. The zero-order valence-corrected chi connectivity index (χ0v) is 10.8. The van der Waals surface area contributed by atoms with Gasteiger partial charge < -0.3 is 10.6 Å². The Morgan fingerprint density at radius 3 is 2.07 bits per heavy atom. The fraction of sp³-hybridized carbons (Fsp3) is 1.00. The van der Waals surface area contributed by atoms with Crippen molar-refractivity contribution in [3.63, 3.8) is 0 Å². The molecule has 0 radical (unpaired) electrons. The summed E-state index contributed by atoms with van der Waals surface area (Å²) in [5.41, 5.74) is 6.44. The van der Waals surface area contributed by atoms with Gasteiger partial charge in [0.2, 0.25) is 0 Å². The minimum Gasteiger partial charge on any atom is -0.327 e. The quantitative estimate of drug-likeness (QED) is 0.779. The average molecular weight is 212 g/mol. The Hall–Kier alpha value is -0.0800. The maximum absolute atomic E-state index is 6.18. The van der Waals surface area contributed by atoms with Crippen LogP contribution in [0.2, 0.25) is 0 Å². The van der Waals surface area contributed by atoms with E-state index in [-0.39, 0.29) is 5.41 Å². The summed E-state index contributed by atoms with van der Waals surface area (Å²) in [5, 5.41) is 0. The van der Waals surface area contributed by atoms with Gasteiger partial charge in [-0.15, -0.1) is 0 Å². The van der Waals surface area contributed by atoms with Crippen LogP contribution < -0.4 is 5.73 Å². The highest BCUT2D eigenvalue weighted by molar-refractivity contribution is 4.78. The van der Waals surface area contributed by atoms with Crippen molar-refractivity contribution in [2.45, 2.75) is 58.9 Å². The van der Waals surface area contributed by atoms with Gasteiger partial charge in [0, 0.05) is 6.04 Å². The highest BCUT2D eigenvalue weighted by Gasteiger charge is 2.21. The molecule has 0 aromatic carbocycles. The monoisotopic (exact) mass is 212 g/mol. The van der Waals surface area contributed by atoms with E-state index in [0.29, 0.717) is 6.04 Å². The maximum Gasteiger partial charge on any atom is 0.00998 e. The van der Waals surface area contributed by atoms with Crippen LogP contribution in [0.15, 0.2) is 0 Å². The van der Waals surface area contributed by atoms with Crippen LogP contribution in [-0.4, -0.2) is 30.6 Å².